The summed E-state index contributed by atoms with van der Waals surface area (Å²) in [6.45, 7) is 3.98. The third kappa shape index (κ3) is 6.31. The third-order valence-corrected chi connectivity index (χ3v) is 7.72. The van der Waals surface area contributed by atoms with Gasteiger partial charge in [-0.25, -0.2) is 8.42 Å². The Kier molecular flexibility index (Phi) is 8.31. The van der Waals surface area contributed by atoms with Crippen molar-refractivity contribution in [1.82, 2.24) is 0 Å². The van der Waals surface area contributed by atoms with E-state index in [1.54, 1.807) is 6.92 Å². The molecule has 114 valence electrons. The summed E-state index contributed by atoms with van der Waals surface area (Å²) < 4.78 is 24.5. The summed E-state index contributed by atoms with van der Waals surface area (Å²) in [4.78, 5) is 0. The molecule has 0 amide bonds. The van der Waals surface area contributed by atoms with E-state index < -0.39 is 14.1 Å². The van der Waals surface area contributed by atoms with Crippen LogP contribution in [-0.4, -0.2) is 14.2 Å². The molecule has 0 heterocycles. The van der Waals surface area contributed by atoms with Crippen molar-refractivity contribution in [3.8, 4) is 0 Å². The van der Waals surface area contributed by atoms with E-state index in [4.69, 9.17) is 0 Å². The van der Waals surface area contributed by atoms with Crippen molar-refractivity contribution >= 4 is 19.7 Å². The van der Waals surface area contributed by atoms with Crippen LogP contribution in [0.15, 0.2) is 30.3 Å². The first-order chi connectivity index (χ1) is 9.58. The fourth-order valence-corrected chi connectivity index (χ4v) is 5.30. The summed E-state index contributed by atoms with van der Waals surface area (Å²) in [6.07, 6.45) is 7.17. The minimum Gasteiger partial charge on any atom is -0.217 e. The molecule has 0 saturated heterocycles. The molecule has 4 heteroatoms. The number of unbranched alkanes of at least 4 members (excludes halogenated alkanes) is 5. The maximum absolute atomic E-state index is 12.2. The van der Waals surface area contributed by atoms with Crippen LogP contribution in [0, 0.1) is 0 Å². The Balaban J connectivity index is 2.31. The van der Waals surface area contributed by atoms with Crippen LogP contribution in [0.1, 0.15) is 63.2 Å². The van der Waals surface area contributed by atoms with Gasteiger partial charge < -0.3 is 0 Å². The van der Waals surface area contributed by atoms with E-state index in [1.165, 1.54) is 25.7 Å². The van der Waals surface area contributed by atoms with Gasteiger partial charge >= 0.3 is 0 Å². The SMILES string of the molecule is CCCCCCCCSS(=O)(=O)[C@@H](C)c1ccccc1. The number of hydrogen-bond acceptors (Lipinski definition) is 3. The van der Waals surface area contributed by atoms with Gasteiger partial charge in [0.2, 0.25) is 8.87 Å². The van der Waals surface area contributed by atoms with Gasteiger partial charge in [0.05, 0.1) is 5.25 Å². The van der Waals surface area contributed by atoms with Gasteiger partial charge in [0.25, 0.3) is 0 Å². The molecule has 0 N–H and O–H groups in total. The lowest BCUT2D eigenvalue weighted by atomic mass is 10.1. The van der Waals surface area contributed by atoms with E-state index in [2.05, 4.69) is 6.92 Å². The highest BCUT2D eigenvalue weighted by atomic mass is 33.1. The molecule has 0 aliphatic rings. The van der Waals surface area contributed by atoms with Crippen LogP contribution >= 0.6 is 10.8 Å². The minimum absolute atomic E-state index is 0.422. The van der Waals surface area contributed by atoms with Crippen LogP contribution in [-0.2, 0) is 8.87 Å². The summed E-state index contributed by atoms with van der Waals surface area (Å²) in [7, 11) is -1.98. The highest BCUT2D eigenvalue weighted by molar-refractivity contribution is 8.72. The average Bonchev–Trinajstić information content (AvgIpc) is 2.46. The second-order valence-electron chi connectivity index (χ2n) is 5.14. The Morgan fingerprint density at radius 3 is 2.25 bits per heavy atom. The van der Waals surface area contributed by atoms with E-state index >= 15 is 0 Å². The van der Waals surface area contributed by atoms with Gasteiger partial charge in [0.15, 0.2) is 0 Å². The molecule has 0 bridgehead atoms. The van der Waals surface area contributed by atoms with Gasteiger partial charge in [0, 0.05) is 5.75 Å². The lowest BCUT2D eigenvalue weighted by Crippen LogP contribution is -2.06. The van der Waals surface area contributed by atoms with Gasteiger partial charge in [-0.2, -0.15) is 0 Å². The monoisotopic (exact) mass is 314 g/mol. The molecular weight excluding hydrogens is 288 g/mol. The molecule has 0 aliphatic carbocycles. The van der Waals surface area contributed by atoms with Crippen LogP contribution in [0.3, 0.4) is 0 Å². The fraction of sp³-hybridized carbons (Fsp3) is 0.625. The first-order valence-corrected chi connectivity index (χ1v) is 10.6. The van der Waals surface area contributed by atoms with E-state index in [0.717, 1.165) is 29.2 Å². The van der Waals surface area contributed by atoms with E-state index in [-0.39, 0.29) is 0 Å². The Hall–Kier alpha value is -0.480. The summed E-state index contributed by atoms with van der Waals surface area (Å²) in [6, 6.07) is 9.45. The standard InChI is InChI=1S/C16H26O2S2/c1-3-4-5-6-7-11-14-19-20(17,18)15(2)16-12-9-8-10-13-16/h8-10,12-13,15H,3-7,11,14H2,1-2H3/t15-/m0/s1. The van der Waals surface area contributed by atoms with Crippen molar-refractivity contribution in [2.24, 2.45) is 0 Å². The average molecular weight is 315 g/mol. The maximum Gasteiger partial charge on any atom is 0.208 e. The molecule has 1 rings (SSSR count). The Bertz CT molecular complexity index is 455. The molecule has 0 aliphatic heterocycles. The van der Waals surface area contributed by atoms with Crippen LogP contribution in [0.25, 0.3) is 0 Å². The number of hydrogen-bond donors (Lipinski definition) is 0. The second kappa shape index (κ2) is 9.46. The molecule has 0 aromatic heterocycles. The van der Waals surface area contributed by atoms with E-state index in [1.807, 2.05) is 30.3 Å². The summed E-state index contributed by atoms with van der Waals surface area (Å²) in [5.74, 6) is 0.714. The van der Waals surface area contributed by atoms with Gasteiger partial charge in [-0.3, -0.25) is 0 Å². The van der Waals surface area contributed by atoms with Gasteiger partial charge in [0.1, 0.15) is 0 Å². The van der Waals surface area contributed by atoms with Crippen molar-refractivity contribution < 1.29 is 8.42 Å². The Morgan fingerprint density at radius 1 is 1.00 bits per heavy atom. The fourth-order valence-electron chi connectivity index (χ4n) is 2.05. The highest BCUT2D eigenvalue weighted by Crippen LogP contribution is 2.31. The normalized spacial score (nSPS) is 13.3. The first kappa shape index (κ1) is 17.6. The lowest BCUT2D eigenvalue weighted by molar-refractivity contribution is 0.601. The summed E-state index contributed by atoms with van der Waals surface area (Å²) >= 11 is 0. The van der Waals surface area contributed by atoms with E-state index in [9.17, 15) is 8.42 Å². The molecular formula is C16H26O2S2. The van der Waals surface area contributed by atoms with Crippen molar-refractivity contribution in [1.29, 1.82) is 0 Å². The van der Waals surface area contributed by atoms with Crippen molar-refractivity contribution in [2.45, 2.75) is 57.6 Å². The molecule has 0 fully saturated rings. The molecule has 1 atom stereocenters. The van der Waals surface area contributed by atoms with Crippen molar-refractivity contribution in [3.05, 3.63) is 35.9 Å². The van der Waals surface area contributed by atoms with Crippen molar-refractivity contribution in [3.63, 3.8) is 0 Å². The zero-order valence-electron chi connectivity index (χ0n) is 12.5. The van der Waals surface area contributed by atoms with Crippen LogP contribution in [0.5, 0.6) is 0 Å². The summed E-state index contributed by atoms with van der Waals surface area (Å²) in [5.41, 5.74) is 0.878. The number of rotatable bonds is 10. The quantitative estimate of drug-likeness (QED) is 0.441. The van der Waals surface area contributed by atoms with Gasteiger partial charge in [-0.1, -0.05) is 69.4 Å². The minimum atomic E-state index is -3.09. The third-order valence-electron chi connectivity index (χ3n) is 3.45. The first-order valence-electron chi connectivity index (χ1n) is 7.51. The molecule has 0 saturated carbocycles. The molecule has 0 unspecified atom stereocenters. The predicted molar refractivity (Wildman–Crippen MR) is 89.6 cm³/mol. The van der Waals surface area contributed by atoms with Crippen LogP contribution < -0.4 is 0 Å². The molecule has 0 spiro atoms. The van der Waals surface area contributed by atoms with Crippen molar-refractivity contribution in [2.75, 3.05) is 5.75 Å². The lowest BCUT2D eigenvalue weighted by Gasteiger charge is -2.12. The zero-order valence-corrected chi connectivity index (χ0v) is 14.2. The number of benzene rings is 1. The Labute approximate surface area is 127 Å². The molecule has 2 nitrogen and oxygen atoms in total. The highest BCUT2D eigenvalue weighted by Gasteiger charge is 2.22. The predicted octanol–water partition coefficient (Wildman–Crippen LogP) is 5.17. The molecule has 1 aromatic carbocycles. The van der Waals surface area contributed by atoms with Crippen LogP contribution in [0.2, 0.25) is 0 Å². The van der Waals surface area contributed by atoms with Gasteiger partial charge in [-0.05, 0) is 29.7 Å². The smallest absolute Gasteiger partial charge is 0.208 e. The Morgan fingerprint density at radius 2 is 1.60 bits per heavy atom. The summed E-state index contributed by atoms with van der Waals surface area (Å²) in [5, 5.41) is -0.422. The maximum atomic E-state index is 12.2. The van der Waals surface area contributed by atoms with E-state index in [0.29, 0.717) is 5.75 Å². The molecule has 1 aromatic rings. The van der Waals surface area contributed by atoms with Crippen LogP contribution in [0.4, 0.5) is 0 Å². The molecule has 20 heavy (non-hydrogen) atoms. The topological polar surface area (TPSA) is 34.1 Å². The molecule has 0 radical (unpaired) electrons. The second-order valence-corrected chi connectivity index (χ2v) is 9.57. The zero-order chi connectivity index (χ0) is 14.8. The largest absolute Gasteiger partial charge is 0.217 e. The van der Waals surface area contributed by atoms with Gasteiger partial charge in [-0.15, -0.1) is 0 Å².